The normalized spacial score (nSPS) is 15.7. The fourth-order valence-electron chi connectivity index (χ4n) is 2.44. The number of rotatable bonds is 4. The van der Waals surface area contributed by atoms with Crippen molar-refractivity contribution in [2.45, 2.75) is 13.5 Å². The minimum Gasteiger partial charge on any atom is -0.502 e. The summed E-state index contributed by atoms with van der Waals surface area (Å²) in [6.45, 7) is 2.36. The van der Waals surface area contributed by atoms with E-state index in [1.54, 1.807) is 6.08 Å². The highest BCUT2D eigenvalue weighted by Crippen LogP contribution is 2.35. The Bertz CT molecular complexity index is 939. The Morgan fingerprint density at radius 1 is 1.27 bits per heavy atom. The second-order valence-electron chi connectivity index (χ2n) is 5.76. The maximum Gasteiger partial charge on any atom is 0.311 e. The summed E-state index contributed by atoms with van der Waals surface area (Å²) in [5.74, 6) is -0.657. The highest BCUT2D eigenvalue weighted by molar-refractivity contribution is 8.26. The number of thioether (sulfide) groups is 1. The number of nitro groups is 1. The molecule has 0 aromatic heterocycles. The Kier molecular flexibility index (Phi) is 5.06. The first kappa shape index (κ1) is 18.1. The van der Waals surface area contributed by atoms with E-state index < -0.39 is 16.4 Å². The summed E-state index contributed by atoms with van der Waals surface area (Å²) in [6.07, 6.45) is 1.54. The van der Waals surface area contributed by atoms with Gasteiger partial charge in [0.2, 0.25) is 0 Å². The van der Waals surface area contributed by atoms with Crippen molar-refractivity contribution in [1.82, 2.24) is 4.90 Å². The van der Waals surface area contributed by atoms with Crippen molar-refractivity contribution in [3.05, 3.63) is 74.2 Å². The third-order valence-corrected chi connectivity index (χ3v) is 5.21. The van der Waals surface area contributed by atoms with E-state index in [-0.39, 0.29) is 5.91 Å². The van der Waals surface area contributed by atoms with Gasteiger partial charge in [0.1, 0.15) is 4.32 Å². The average molecular weight is 386 g/mol. The van der Waals surface area contributed by atoms with Crippen molar-refractivity contribution in [2.75, 3.05) is 0 Å². The smallest absolute Gasteiger partial charge is 0.311 e. The molecule has 0 spiro atoms. The number of nitro benzene ring substituents is 1. The summed E-state index contributed by atoms with van der Waals surface area (Å²) in [5, 5.41) is 20.5. The fraction of sp³-hybridized carbons (Fsp3) is 0.111. The van der Waals surface area contributed by atoms with E-state index in [2.05, 4.69) is 0 Å². The molecule has 8 heteroatoms. The van der Waals surface area contributed by atoms with Crippen LogP contribution in [0.2, 0.25) is 0 Å². The molecule has 0 unspecified atom stereocenters. The van der Waals surface area contributed by atoms with E-state index in [1.165, 1.54) is 23.1 Å². The van der Waals surface area contributed by atoms with Gasteiger partial charge in [-0.2, -0.15) is 0 Å². The summed E-state index contributed by atoms with van der Waals surface area (Å²) < 4.78 is 0.440. The second kappa shape index (κ2) is 7.27. The molecule has 1 saturated heterocycles. The van der Waals surface area contributed by atoms with Crippen LogP contribution in [0.5, 0.6) is 5.75 Å². The lowest BCUT2D eigenvalue weighted by Gasteiger charge is -2.14. The first-order chi connectivity index (χ1) is 12.3. The Labute approximate surface area is 159 Å². The molecule has 2 aromatic carbocycles. The van der Waals surface area contributed by atoms with Gasteiger partial charge in [0, 0.05) is 6.07 Å². The minimum absolute atomic E-state index is 0.240. The van der Waals surface area contributed by atoms with Crippen LogP contribution in [0.25, 0.3) is 6.08 Å². The molecule has 2 aromatic rings. The topological polar surface area (TPSA) is 83.7 Å². The molecule has 132 valence electrons. The molecular formula is C18H14N2O4S2. The highest BCUT2D eigenvalue weighted by atomic mass is 32.2. The lowest BCUT2D eigenvalue weighted by atomic mass is 10.1. The predicted octanol–water partition coefficient (Wildman–Crippen LogP) is 4.01. The number of benzene rings is 2. The van der Waals surface area contributed by atoms with Crippen LogP contribution in [-0.2, 0) is 11.3 Å². The van der Waals surface area contributed by atoms with Crippen LogP contribution in [0.4, 0.5) is 5.69 Å². The number of carbonyl (C=O) groups is 1. The van der Waals surface area contributed by atoms with E-state index in [9.17, 15) is 20.0 Å². The zero-order valence-corrected chi connectivity index (χ0v) is 15.3. The van der Waals surface area contributed by atoms with E-state index in [1.807, 2.05) is 31.2 Å². The Balaban J connectivity index is 1.84. The molecular weight excluding hydrogens is 372 g/mol. The number of amides is 1. The minimum atomic E-state index is -0.671. The highest BCUT2D eigenvalue weighted by Gasteiger charge is 2.32. The maximum atomic E-state index is 12.6. The molecule has 6 nitrogen and oxygen atoms in total. The molecule has 1 aliphatic heterocycles. The van der Waals surface area contributed by atoms with E-state index in [0.29, 0.717) is 21.3 Å². The summed E-state index contributed by atoms with van der Waals surface area (Å²) in [7, 11) is 0. The van der Waals surface area contributed by atoms with Gasteiger partial charge in [0.25, 0.3) is 5.91 Å². The molecule has 1 amide bonds. The van der Waals surface area contributed by atoms with Gasteiger partial charge in [-0.05, 0) is 30.2 Å². The van der Waals surface area contributed by atoms with Gasteiger partial charge < -0.3 is 5.11 Å². The number of hydrogen-bond acceptors (Lipinski definition) is 6. The van der Waals surface area contributed by atoms with Crippen LogP contribution in [0.15, 0.2) is 47.4 Å². The largest absolute Gasteiger partial charge is 0.502 e. The lowest BCUT2D eigenvalue weighted by Crippen LogP contribution is -2.27. The molecule has 1 aliphatic rings. The standard InChI is InChI=1S/C18H14N2O4S2/c1-11-2-4-12(5-3-11)10-19-17(22)16(26-18(19)25)9-13-6-7-15(21)14(8-13)20(23)24/h2-9,21H,10H2,1H3. The monoisotopic (exact) mass is 386 g/mol. The molecule has 26 heavy (non-hydrogen) atoms. The third-order valence-electron chi connectivity index (χ3n) is 3.83. The molecule has 1 N–H and O–H groups in total. The van der Waals surface area contributed by atoms with Gasteiger partial charge in [-0.15, -0.1) is 0 Å². The van der Waals surface area contributed by atoms with Crippen molar-refractivity contribution in [3.8, 4) is 5.75 Å². The number of nitrogens with zero attached hydrogens (tertiary/aromatic N) is 2. The summed E-state index contributed by atoms with van der Waals surface area (Å²) in [6, 6.07) is 11.8. The number of thiocarbonyl (C=S) groups is 1. The maximum absolute atomic E-state index is 12.6. The van der Waals surface area contributed by atoms with Gasteiger partial charge in [0.05, 0.1) is 16.4 Å². The van der Waals surface area contributed by atoms with Crippen molar-refractivity contribution in [1.29, 1.82) is 0 Å². The van der Waals surface area contributed by atoms with Crippen molar-refractivity contribution < 1.29 is 14.8 Å². The van der Waals surface area contributed by atoms with Crippen LogP contribution in [0, 0.1) is 17.0 Å². The number of phenolic OH excluding ortho intramolecular Hbond substituents is 1. The van der Waals surface area contributed by atoms with Gasteiger partial charge in [-0.3, -0.25) is 19.8 Å². The number of phenols is 1. The predicted molar refractivity (Wildman–Crippen MR) is 105 cm³/mol. The van der Waals surface area contributed by atoms with Crippen molar-refractivity contribution in [2.24, 2.45) is 0 Å². The average Bonchev–Trinajstić information content (AvgIpc) is 2.85. The quantitative estimate of drug-likeness (QED) is 0.370. The fourth-order valence-corrected chi connectivity index (χ4v) is 3.70. The molecule has 1 heterocycles. The van der Waals surface area contributed by atoms with Gasteiger partial charge in [-0.25, -0.2) is 0 Å². The number of hydrogen-bond donors (Lipinski definition) is 1. The number of aromatic hydroxyl groups is 1. The molecule has 0 radical (unpaired) electrons. The van der Waals surface area contributed by atoms with Crippen LogP contribution < -0.4 is 0 Å². The van der Waals surface area contributed by atoms with E-state index in [0.717, 1.165) is 22.9 Å². The zero-order chi connectivity index (χ0) is 18.8. The molecule has 0 aliphatic carbocycles. The Morgan fingerprint density at radius 3 is 2.62 bits per heavy atom. The molecule has 0 saturated carbocycles. The zero-order valence-electron chi connectivity index (χ0n) is 13.7. The van der Waals surface area contributed by atoms with Crippen molar-refractivity contribution in [3.63, 3.8) is 0 Å². The molecule has 0 bridgehead atoms. The van der Waals surface area contributed by atoms with E-state index in [4.69, 9.17) is 12.2 Å². The first-order valence-electron chi connectivity index (χ1n) is 7.63. The van der Waals surface area contributed by atoms with Crippen LogP contribution in [0.3, 0.4) is 0 Å². The number of aryl methyl sites for hydroxylation is 1. The van der Waals surface area contributed by atoms with Crippen LogP contribution in [-0.4, -0.2) is 25.2 Å². The van der Waals surface area contributed by atoms with Crippen LogP contribution >= 0.6 is 24.0 Å². The van der Waals surface area contributed by atoms with Gasteiger partial charge in [0.15, 0.2) is 5.75 Å². The van der Waals surface area contributed by atoms with Gasteiger partial charge >= 0.3 is 5.69 Å². The van der Waals surface area contributed by atoms with E-state index >= 15 is 0 Å². The summed E-state index contributed by atoms with van der Waals surface area (Å²) in [5.41, 5.74) is 2.14. The van der Waals surface area contributed by atoms with Crippen LogP contribution in [0.1, 0.15) is 16.7 Å². The second-order valence-corrected chi connectivity index (χ2v) is 7.43. The Morgan fingerprint density at radius 2 is 1.96 bits per heavy atom. The molecule has 3 rings (SSSR count). The van der Waals surface area contributed by atoms with Crippen molar-refractivity contribution >= 4 is 46.0 Å². The SMILES string of the molecule is Cc1ccc(CN2C(=O)C(=Cc3ccc(O)c([N+](=O)[O-])c3)SC2=S)cc1. The lowest BCUT2D eigenvalue weighted by molar-refractivity contribution is -0.385. The first-order valence-corrected chi connectivity index (χ1v) is 8.86. The molecule has 1 fully saturated rings. The third kappa shape index (κ3) is 3.76. The Hall–Kier alpha value is -2.71. The number of carbonyl (C=O) groups excluding carboxylic acids is 1. The summed E-state index contributed by atoms with van der Waals surface area (Å²) in [4.78, 5) is 24.8. The molecule has 0 atom stereocenters. The van der Waals surface area contributed by atoms with Gasteiger partial charge in [-0.1, -0.05) is 59.9 Å². The summed E-state index contributed by atoms with van der Waals surface area (Å²) >= 11 is 6.46.